The zero-order chi connectivity index (χ0) is 50.3. The van der Waals surface area contributed by atoms with Crippen molar-refractivity contribution in [3.8, 4) is 12.1 Å². The van der Waals surface area contributed by atoms with Gasteiger partial charge in [0.2, 0.25) is 5.60 Å². The van der Waals surface area contributed by atoms with Crippen molar-refractivity contribution < 1.29 is 51.1 Å². The number of nitriles is 2. The molecule has 1 heterocycles. The summed E-state index contributed by atoms with van der Waals surface area (Å²) in [6.45, 7) is 17.2. The Morgan fingerprint density at radius 1 is 0.788 bits per heavy atom. The number of ether oxygens (including phenoxy) is 2. The van der Waals surface area contributed by atoms with Crippen LogP contribution in [0.25, 0.3) is 5.57 Å². The predicted octanol–water partition coefficient (Wildman–Crippen LogP) is 14.2. The Morgan fingerprint density at radius 3 is 1.61 bits per heavy atom. The minimum Gasteiger partial charge on any atom is -0.456 e. The summed E-state index contributed by atoms with van der Waals surface area (Å²) in [7, 11) is 0. The molecule has 350 valence electrons. The second kappa shape index (κ2) is 21.5. The maximum atomic E-state index is 14.7. The van der Waals surface area contributed by atoms with Crippen LogP contribution >= 0.6 is 58.0 Å². The number of carbonyl (C=O) groups is 2. The summed E-state index contributed by atoms with van der Waals surface area (Å²) in [6, 6.07) is 17.7. The van der Waals surface area contributed by atoms with E-state index in [0.717, 1.165) is 35.4 Å². The fourth-order valence-electron chi connectivity index (χ4n) is 5.79. The van der Waals surface area contributed by atoms with Gasteiger partial charge in [0.05, 0.1) is 59.8 Å². The lowest BCUT2D eigenvalue weighted by Crippen LogP contribution is -2.42. The molecule has 10 nitrogen and oxygen atoms in total. The lowest BCUT2D eigenvalue weighted by Gasteiger charge is -2.31. The standard InChI is InChI=1S/C23H19Cl3F2N2O3.C13H17NO3.C10H4Cl2F3N/c1-12-7-13(5-6-15(12)20(31)32-21(2,3)4)19-10-22(33-30-19,23(26,27)28)14-8-17(24)16(11-29)18(25)9-14;1-9-7-10(8-14-16)5-6-11(9)12(15)17-13(2,3)4;1-5(10(13,14)15)6-2-8(11)7(4-16)9(12)3-6/h5-9H,10H2,1-4H3;5-8,16H,1-4H3;2-3H,1H2/b;14-8+;. The molecule has 0 saturated carbocycles. The summed E-state index contributed by atoms with van der Waals surface area (Å²) in [5.74, 6) is -0.845. The molecule has 1 aliphatic heterocycles. The van der Waals surface area contributed by atoms with Crippen LogP contribution < -0.4 is 0 Å². The molecule has 0 spiro atoms. The van der Waals surface area contributed by atoms with Crippen LogP contribution in [0.4, 0.5) is 22.0 Å². The fraction of sp³-hybridized carbons (Fsp3) is 0.304. The van der Waals surface area contributed by atoms with Gasteiger partial charge in [-0.15, -0.1) is 0 Å². The van der Waals surface area contributed by atoms with Gasteiger partial charge in [0.25, 0.3) is 0 Å². The minimum atomic E-state index is -4.55. The molecule has 20 heteroatoms. The van der Waals surface area contributed by atoms with Crippen molar-refractivity contribution in [3.05, 3.63) is 143 Å². The van der Waals surface area contributed by atoms with Crippen molar-refractivity contribution in [3.63, 3.8) is 0 Å². The minimum absolute atomic E-state index is 0.0531. The molecule has 1 atom stereocenters. The van der Waals surface area contributed by atoms with Gasteiger partial charge >= 0.3 is 23.5 Å². The number of oxime groups is 2. The molecule has 0 amide bonds. The average molecular weight is 1020 g/mol. The van der Waals surface area contributed by atoms with Gasteiger partial charge in [-0.1, -0.05) is 75.4 Å². The Balaban J connectivity index is 0.000000294. The van der Waals surface area contributed by atoms with E-state index in [4.69, 9.17) is 88.0 Å². The van der Waals surface area contributed by atoms with Crippen LogP contribution in [0.1, 0.15) is 113 Å². The number of benzene rings is 4. The van der Waals surface area contributed by atoms with E-state index in [1.807, 2.05) is 33.8 Å². The maximum Gasteiger partial charge on any atom is 0.416 e. The Kier molecular flexibility index (Phi) is 17.9. The number of rotatable bonds is 7. The van der Waals surface area contributed by atoms with Crippen LogP contribution in [0.5, 0.6) is 0 Å². The molecule has 1 unspecified atom stereocenters. The number of nitrogens with zero attached hydrogens (tertiary/aromatic N) is 4. The molecule has 0 aliphatic carbocycles. The second-order valence-corrected chi connectivity index (χ2v) is 18.4. The third-order valence-electron chi connectivity index (χ3n) is 8.91. The van der Waals surface area contributed by atoms with Gasteiger partial charge in [-0.3, -0.25) is 0 Å². The number of carbonyl (C=O) groups excluding carboxylic acids is 2. The zero-order valence-corrected chi connectivity index (χ0v) is 40.1. The quantitative estimate of drug-likeness (QED) is 0.0479. The number of esters is 2. The SMILES string of the molecule is C=C(c1cc(Cl)c(C#N)c(Cl)c1)C(F)(F)F.Cc1cc(/C=N/O)ccc1C(=O)OC(C)(C)C.Cc1cc(C2=NOC(c3cc(Cl)c(C#N)c(Cl)c3)(C(F)(F)Cl)C2)ccc1C(=O)OC(C)(C)C. The highest BCUT2D eigenvalue weighted by Crippen LogP contribution is 2.51. The van der Waals surface area contributed by atoms with Gasteiger partial charge < -0.3 is 19.5 Å². The van der Waals surface area contributed by atoms with E-state index in [0.29, 0.717) is 22.3 Å². The van der Waals surface area contributed by atoms with Gasteiger partial charge in [-0.25, -0.2) is 9.59 Å². The highest BCUT2D eigenvalue weighted by Gasteiger charge is 2.60. The van der Waals surface area contributed by atoms with Crippen molar-refractivity contribution in [2.24, 2.45) is 10.3 Å². The average Bonchev–Trinajstić information content (AvgIpc) is 3.64. The summed E-state index contributed by atoms with van der Waals surface area (Å²) in [5.41, 5.74) is -1.50. The molecule has 0 bridgehead atoms. The first-order valence-electron chi connectivity index (χ1n) is 19.0. The molecule has 1 N–H and O–H groups in total. The van der Waals surface area contributed by atoms with E-state index in [1.165, 1.54) is 12.3 Å². The van der Waals surface area contributed by atoms with Crippen LogP contribution in [0.3, 0.4) is 0 Å². The number of hydrogen-bond acceptors (Lipinski definition) is 10. The van der Waals surface area contributed by atoms with Crippen LogP contribution in [0.15, 0.2) is 77.6 Å². The number of allylic oxidation sites excluding steroid dienone is 1. The van der Waals surface area contributed by atoms with E-state index in [1.54, 1.807) is 64.1 Å². The van der Waals surface area contributed by atoms with Gasteiger partial charge in [-0.2, -0.15) is 32.5 Å². The van der Waals surface area contributed by atoms with E-state index < -0.39 is 46.3 Å². The molecular formula is C46H40Cl5F5N4O6. The summed E-state index contributed by atoms with van der Waals surface area (Å²) in [5, 5.41) is 28.6. The molecule has 66 heavy (non-hydrogen) atoms. The topological polar surface area (TPSA) is 154 Å². The molecule has 0 fully saturated rings. The summed E-state index contributed by atoms with van der Waals surface area (Å²) in [6.07, 6.45) is -3.65. The summed E-state index contributed by atoms with van der Waals surface area (Å²) < 4.78 is 77.0. The highest BCUT2D eigenvalue weighted by molar-refractivity contribution is 6.37. The number of halogens is 10. The predicted molar refractivity (Wildman–Crippen MR) is 244 cm³/mol. The number of alkyl halides is 6. The van der Waals surface area contributed by atoms with Gasteiger partial charge in [-0.05, 0) is 143 Å². The second-order valence-electron chi connectivity index (χ2n) is 16.3. The largest absolute Gasteiger partial charge is 0.456 e. The van der Waals surface area contributed by atoms with E-state index >= 15 is 0 Å². The molecule has 1 aliphatic rings. The summed E-state index contributed by atoms with van der Waals surface area (Å²) >= 11 is 28.8. The van der Waals surface area contributed by atoms with E-state index in [2.05, 4.69) is 16.9 Å². The Morgan fingerprint density at radius 2 is 1.23 bits per heavy atom. The smallest absolute Gasteiger partial charge is 0.416 e. The molecule has 0 saturated heterocycles. The van der Waals surface area contributed by atoms with Crippen LogP contribution in [0.2, 0.25) is 20.1 Å². The molecule has 4 aromatic carbocycles. The van der Waals surface area contributed by atoms with Gasteiger partial charge in [0, 0.05) is 12.0 Å². The zero-order valence-electron chi connectivity index (χ0n) is 36.3. The van der Waals surface area contributed by atoms with Crippen molar-refractivity contribution in [2.45, 2.75) is 90.2 Å². The van der Waals surface area contributed by atoms with E-state index in [9.17, 15) is 31.5 Å². The first kappa shape index (κ1) is 54.9. The van der Waals surface area contributed by atoms with Crippen LogP contribution in [-0.4, -0.2) is 51.8 Å². The molecule has 0 radical (unpaired) electrons. The summed E-state index contributed by atoms with van der Waals surface area (Å²) in [4.78, 5) is 29.5. The Labute approximate surface area is 402 Å². The third kappa shape index (κ3) is 14.0. The monoisotopic (exact) mass is 1010 g/mol. The van der Waals surface area contributed by atoms with Crippen molar-refractivity contribution in [2.75, 3.05) is 0 Å². The highest BCUT2D eigenvalue weighted by atomic mass is 35.5. The first-order valence-corrected chi connectivity index (χ1v) is 20.9. The van der Waals surface area contributed by atoms with Gasteiger partial charge in [0.1, 0.15) is 23.3 Å². The number of aryl methyl sites for hydroxylation is 2. The van der Waals surface area contributed by atoms with E-state index in [-0.39, 0.29) is 54.0 Å². The van der Waals surface area contributed by atoms with Crippen molar-refractivity contribution >= 4 is 87.4 Å². The molecule has 5 rings (SSSR count). The van der Waals surface area contributed by atoms with Gasteiger partial charge in [0.15, 0.2) is 0 Å². The maximum absolute atomic E-state index is 14.7. The Hall–Kier alpha value is -5.42. The van der Waals surface area contributed by atoms with Crippen molar-refractivity contribution in [1.82, 2.24) is 0 Å². The molecule has 4 aromatic rings. The molecule has 0 aromatic heterocycles. The third-order valence-corrected chi connectivity index (χ3v) is 10.4. The Bertz CT molecular complexity index is 2630. The normalized spacial score (nSPS) is 14.9. The first-order chi connectivity index (χ1) is 30.3. The lowest BCUT2D eigenvalue weighted by atomic mass is 9.86. The fourth-order valence-corrected chi connectivity index (χ4v) is 7.14. The van der Waals surface area contributed by atoms with Crippen LogP contribution in [0, 0.1) is 36.5 Å². The van der Waals surface area contributed by atoms with Crippen LogP contribution in [-0.2, 0) is 19.9 Å². The number of hydrogen-bond donors (Lipinski definition) is 1. The van der Waals surface area contributed by atoms with Crippen molar-refractivity contribution in [1.29, 1.82) is 10.5 Å². The molecular weight excluding hydrogens is 977 g/mol. The lowest BCUT2D eigenvalue weighted by molar-refractivity contribution is -0.155.